The fourth-order valence-electron chi connectivity index (χ4n) is 1.24. The molecule has 0 aliphatic rings. The summed E-state index contributed by atoms with van der Waals surface area (Å²) in [6.45, 7) is 0. The Hall–Kier alpha value is -1.26. The smallest absolute Gasteiger partial charge is 0.182 e. The van der Waals surface area contributed by atoms with E-state index in [-0.39, 0.29) is 0 Å². The van der Waals surface area contributed by atoms with Crippen molar-refractivity contribution in [2.75, 3.05) is 0 Å². The highest BCUT2D eigenvalue weighted by Crippen LogP contribution is 2.07. The first kappa shape index (κ1) is 9.30. The van der Waals surface area contributed by atoms with E-state index in [1.807, 2.05) is 41.0 Å². The summed E-state index contributed by atoms with van der Waals surface area (Å²) < 4.78 is 3.15. The summed E-state index contributed by atoms with van der Waals surface area (Å²) in [5.41, 5.74) is 0.986. The van der Waals surface area contributed by atoms with E-state index in [0.29, 0.717) is 9.41 Å². The highest BCUT2D eigenvalue weighted by molar-refractivity contribution is 7.72. The molecule has 0 radical (unpaired) electrons. The lowest BCUT2D eigenvalue weighted by Crippen LogP contribution is -1.99. The minimum atomic E-state index is 0.615. The summed E-state index contributed by atoms with van der Waals surface area (Å²) in [5, 5.41) is 0. The quantitative estimate of drug-likeness (QED) is 0.745. The molecule has 1 aromatic heterocycles. The maximum atomic E-state index is 5.20. The number of benzene rings is 1. The molecule has 0 spiro atoms. The van der Waals surface area contributed by atoms with E-state index in [1.54, 1.807) is 6.20 Å². The second-order valence-electron chi connectivity index (χ2n) is 2.79. The molecular weight excluding hydrogens is 212 g/mol. The van der Waals surface area contributed by atoms with E-state index < -0.39 is 0 Å². The van der Waals surface area contributed by atoms with Crippen molar-refractivity contribution < 1.29 is 0 Å². The van der Waals surface area contributed by atoms with Gasteiger partial charge in [-0.3, -0.25) is 4.57 Å². The maximum Gasteiger partial charge on any atom is 0.182 e. The number of H-pyrrole nitrogens is 1. The molecule has 0 atom stereocenters. The van der Waals surface area contributed by atoms with Gasteiger partial charge >= 0.3 is 0 Å². The monoisotopic (exact) mass is 220 g/mol. The molecule has 1 aromatic carbocycles. The molecule has 1 N–H and O–H groups in total. The van der Waals surface area contributed by atoms with Gasteiger partial charge in [0, 0.05) is 11.9 Å². The van der Waals surface area contributed by atoms with Crippen LogP contribution in [0.1, 0.15) is 0 Å². The molecule has 70 valence electrons. The lowest BCUT2D eigenvalue weighted by Gasteiger charge is -2.05. The first-order chi connectivity index (χ1) is 6.79. The molecular formula is C10H8N2S2. The molecule has 0 fully saturated rings. The van der Waals surface area contributed by atoms with Crippen LogP contribution in [-0.4, -0.2) is 9.55 Å². The Kier molecular flexibility index (Phi) is 2.56. The first-order valence-corrected chi connectivity index (χ1v) is 4.97. The second kappa shape index (κ2) is 3.86. The summed E-state index contributed by atoms with van der Waals surface area (Å²) in [6.07, 6.45) is 1.75. The Morgan fingerprint density at radius 2 is 1.71 bits per heavy atom. The average molecular weight is 220 g/mol. The number of hydrogen-bond donors (Lipinski definition) is 1. The number of aromatic amines is 1. The van der Waals surface area contributed by atoms with E-state index in [4.69, 9.17) is 24.4 Å². The Labute approximate surface area is 91.9 Å². The van der Waals surface area contributed by atoms with Crippen LogP contribution in [0.4, 0.5) is 0 Å². The van der Waals surface area contributed by atoms with E-state index in [2.05, 4.69) is 4.98 Å². The fourth-order valence-corrected chi connectivity index (χ4v) is 1.84. The third kappa shape index (κ3) is 1.66. The van der Waals surface area contributed by atoms with Gasteiger partial charge in [0.1, 0.15) is 4.64 Å². The van der Waals surface area contributed by atoms with Crippen LogP contribution in [-0.2, 0) is 0 Å². The van der Waals surface area contributed by atoms with Crippen molar-refractivity contribution in [2.45, 2.75) is 0 Å². The third-order valence-electron chi connectivity index (χ3n) is 1.87. The van der Waals surface area contributed by atoms with Crippen molar-refractivity contribution in [3.05, 3.63) is 52.0 Å². The predicted molar refractivity (Wildman–Crippen MR) is 61.8 cm³/mol. The molecule has 0 aliphatic heterocycles. The van der Waals surface area contributed by atoms with Crippen LogP contribution >= 0.6 is 24.4 Å². The Morgan fingerprint density at radius 1 is 1.00 bits per heavy atom. The zero-order chi connectivity index (χ0) is 9.97. The van der Waals surface area contributed by atoms with Crippen molar-refractivity contribution in [3.8, 4) is 5.69 Å². The molecule has 2 aromatic rings. The lowest BCUT2D eigenvalue weighted by molar-refractivity contribution is 0.940. The van der Waals surface area contributed by atoms with Gasteiger partial charge in [0.05, 0.1) is 0 Å². The van der Waals surface area contributed by atoms with Gasteiger partial charge in [-0.2, -0.15) is 0 Å². The van der Waals surface area contributed by atoms with Gasteiger partial charge in [-0.15, -0.1) is 0 Å². The number of hydrogen-bond acceptors (Lipinski definition) is 2. The third-order valence-corrected chi connectivity index (χ3v) is 2.49. The van der Waals surface area contributed by atoms with Crippen molar-refractivity contribution in [1.82, 2.24) is 9.55 Å². The van der Waals surface area contributed by atoms with Crippen LogP contribution < -0.4 is 0 Å². The molecule has 14 heavy (non-hydrogen) atoms. The Bertz CT molecular complexity index is 512. The predicted octanol–water partition coefficient (Wildman–Crippen LogP) is 3.26. The summed E-state index contributed by atoms with van der Waals surface area (Å²) in [7, 11) is 0. The minimum absolute atomic E-state index is 0.615. The standard InChI is InChI=1S/C10H8N2S2/c13-9-6-7-11-10(14)12(9)8-4-2-1-3-5-8/h1-7H,(H,11,14). The van der Waals surface area contributed by atoms with Gasteiger partial charge < -0.3 is 4.98 Å². The van der Waals surface area contributed by atoms with Gasteiger partial charge in [0.15, 0.2) is 4.77 Å². The van der Waals surface area contributed by atoms with Crippen molar-refractivity contribution in [2.24, 2.45) is 0 Å². The SMILES string of the molecule is S=c1cc[nH]c(=S)n1-c1ccccc1. The molecule has 0 aliphatic carbocycles. The number of nitrogens with zero attached hydrogens (tertiary/aromatic N) is 1. The zero-order valence-electron chi connectivity index (χ0n) is 7.31. The molecule has 0 bridgehead atoms. The molecule has 0 unspecified atom stereocenters. The lowest BCUT2D eigenvalue weighted by atomic mass is 10.3. The Balaban J connectivity index is 2.76. The van der Waals surface area contributed by atoms with Crippen LogP contribution in [0.2, 0.25) is 0 Å². The Morgan fingerprint density at radius 3 is 2.36 bits per heavy atom. The van der Waals surface area contributed by atoms with Crippen molar-refractivity contribution in [3.63, 3.8) is 0 Å². The van der Waals surface area contributed by atoms with Gasteiger partial charge in [-0.25, -0.2) is 0 Å². The van der Waals surface area contributed by atoms with Gasteiger partial charge in [-0.05, 0) is 30.4 Å². The van der Waals surface area contributed by atoms with Gasteiger partial charge in [-0.1, -0.05) is 30.4 Å². The summed E-state index contributed by atoms with van der Waals surface area (Å²) >= 11 is 10.4. The molecule has 0 amide bonds. The number of para-hydroxylation sites is 1. The normalized spacial score (nSPS) is 10.0. The number of aromatic nitrogens is 2. The average Bonchev–Trinajstić information content (AvgIpc) is 2.19. The molecule has 0 saturated heterocycles. The largest absolute Gasteiger partial charge is 0.338 e. The van der Waals surface area contributed by atoms with E-state index in [0.717, 1.165) is 5.69 Å². The zero-order valence-corrected chi connectivity index (χ0v) is 8.94. The van der Waals surface area contributed by atoms with Crippen LogP contribution in [0.15, 0.2) is 42.6 Å². The molecule has 4 heteroatoms. The van der Waals surface area contributed by atoms with E-state index in [9.17, 15) is 0 Å². The molecule has 2 nitrogen and oxygen atoms in total. The molecule has 1 heterocycles. The van der Waals surface area contributed by atoms with Crippen LogP contribution in [0.5, 0.6) is 0 Å². The summed E-state index contributed by atoms with van der Waals surface area (Å²) in [4.78, 5) is 2.95. The molecule has 2 rings (SSSR count). The summed E-state index contributed by atoms with van der Waals surface area (Å²) in [5.74, 6) is 0. The van der Waals surface area contributed by atoms with Crippen LogP contribution in [0.25, 0.3) is 5.69 Å². The second-order valence-corrected chi connectivity index (χ2v) is 3.60. The van der Waals surface area contributed by atoms with Crippen LogP contribution in [0, 0.1) is 9.41 Å². The molecule has 0 saturated carbocycles. The minimum Gasteiger partial charge on any atom is -0.338 e. The van der Waals surface area contributed by atoms with E-state index >= 15 is 0 Å². The van der Waals surface area contributed by atoms with Crippen molar-refractivity contribution >= 4 is 24.4 Å². The highest BCUT2D eigenvalue weighted by Gasteiger charge is 1.96. The maximum absolute atomic E-state index is 5.20. The van der Waals surface area contributed by atoms with Gasteiger partial charge in [0.25, 0.3) is 0 Å². The first-order valence-electron chi connectivity index (χ1n) is 4.15. The highest BCUT2D eigenvalue weighted by atomic mass is 32.1. The number of rotatable bonds is 1. The summed E-state index contributed by atoms with van der Waals surface area (Å²) in [6, 6.07) is 11.6. The fraction of sp³-hybridized carbons (Fsp3) is 0. The number of nitrogens with one attached hydrogen (secondary N) is 1. The van der Waals surface area contributed by atoms with E-state index in [1.165, 1.54) is 0 Å². The van der Waals surface area contributed by atoms with Gasteiger partial charge in [0.2, 0.25) is 0 Å². The van der Waals surface area contributed by atoms with Crippen LogP contribution in [0.3, 0.4) is 0 Å². The topological polar surface area (TPSA) is 20.7 Å². The van der Waals surface area contributed by atoms with Crippen molar-refractivity contribution in [1.29, 1.82) is 0 Å².